The van der Waals surface area contributed by atoms with Crippen molar-refractivity contribution in [2.24, 2.45) is 7.05 Å². The maximum atomic E-state index is 5.89. The maximum Gasteiger partial charge on any atom is 0.265 e. The van der Waals surface area contributed by atoms with Crippen LogP contribution in [-0.4, -0.2) is 57.0 Å². The molecule has 0 saturated carbocycles. The highest BCUT2D eigenvalue weighted by Crippen LogP contribution is 2.31. The number of likely N-dealkylation sites (tertiary alicyclic amines) is 1. The van der Waals surface area contributed by atoms with Gasteiger partial charge in [-0.3, -0.25) is 4.90 Å². The third-order valence-electron chi connectivity index (χ3n) is 4.75. The van der Waals surface area contributed by atoms with Crippen LogP contribution in [0.3, 0.4) is 0 Å². The van der Waals surface area contributed by atoms with E-state index in [4.69, 9.17) is 9.15 Å². The summed E-state index contributed by atoms with van der Waals surface area (Å²) in [6, 6.07) is 0.651. The Labute approximate surface area is 129 Å². The van der Waals surface area contributed by atoms with Gasteiger partial charge in [0.1, 0.15) is 5.69 Å². The van der Waals surface area contributed by atoms with Gasteiger partial charge in [0.25, 0.3) is 5.89 Å². The number of imidazole rings is 1. The fraction of sp³-hybridized carbons (Fsp3) is 0.667. The van der Waals surface area contributed by atoms with Crippen LogP contribution in [0.1, 0.15) is 31.1 Å². The summed E-state index contributed by atoms with van der Waals surface area (Å²) in [5, 5.41) is 8.45. The predicted molar refractivity (Wildman–Crippen MR) is 79.3 cm³/mol. The van der Waals surface area contributed by atoms with E-state index in [1.807, 2.05) is 11.6 Å². The van der Waals surface area contributed by atoms with Crippen LogP contribution in [0.15, 0.2) is 16.9 Å². The molecule has 1 atom stereocenters. The van der Waals surface area contributed by atoms with Crippen molar-refractivity contribution in [3.63, 3.8) is 0 Å². The van der Waals surface area contributed by atoms with Crippen molar-refractivity contribution in [1.29, 1.82) is 0 Å². The van der Waals surface area contributed by atoms with Crippen LogP contribution in [0.2, 0.25) is 0 Å². The summed E-state index contributed by atoms with van der Waals surface area (Å²) in [4.78, 5) is 6.65. The first-order valence-electron chi connectivity index (χ1n) is 7.93. The molecule has 22 heavy (non-hydrogen) atoms. The highest BCUT2D eigenvalue weighted by atomic mass is 16.5. The van der Waals surface area contributed by atoms with E-state index in [2.05, 4.69) is 20.1 Å². The van der Waals surface area contributed by atoms with Crippen LogP contribution < -0.4 is 0 Å². The molecular weight excluding hydrogens is 282 g/mol. The van der Waals surface area contributed by atoms with Crippen molar-refractivity contribution in [1.82, 2.24) is 24.6 Å². The second kappa shape index (κ2) is 5.81. The molecule has 0 unspecified atom stereocenters. The van der Waals surface area contributed by atoms with Crippen LogP contribution in [0, 0.1) is 0 Å². The summed E-state index contributed by atoms with van der Waals surface area (Å²) in [7, 11) is 1.93. The molecular formula is C15H21N5O2. The van der Waals surface area contributed by atoms with E-state index in [1.54, 1.807) is 12.5 Å². The Bertz CT molecular complexity index is 631. The quantitative estimate of drug-likeness (QED) is 0.854. The number of rotatable bonds is 3. The second-order valence-electron chi connectivity index (χ2n) is 6.16. The van der Waals surface area contributed by atoms with Gasteiger partial charge in [0, 0.05) is 32.8 Å². The number of hydrogen-bond acceptors (Lipinski definition) is 6. The molecule has 2 aliphatic rings. The van der Waals surface area contributed by atoms with E-state index in [0.717, 1.165) is 57.2 Å². The Morgan fingerprint density at radius 3 is 2.82 bits per heavy atom. The van der Waals surface area contributed by atoms with Gasteiger partial charge in [-0.05, 0) is 25.8 Å². The van der Waals surface area contributed by atoms with Gasteiger partial charge in [0.2, 0.25) is 5.89 Å². The van der Waals surface area contributed by atoms with Gasteiger partial charge in [-0.15, -0.1) is 10.2 Å². The predicted octanol–water partition coefficient (Wildman–Crippen LogP) is 1.44. The largest absolute Gasteiger partial charge is 0.419 e. The average molecular weight is 303 g/mol. The van der Waals surface area contributed by atoms with Crippen molar-refractivity contribution in [2.45, 2.75) is 31.2 Å². The number of aryl methyl sites for hydroxylation is 1. The number of nitrogens with zero attached hydrogens (tertiary/aromatic N) is 5. The van der Waals surface area contributed by atoms with E-state index < -0.39 is 0 Å². The zero-order chi connectivity index (χ0) is 14.9. The molecule has 7 heteroatoms. The second-order valence-corrected chi connectivity index (χ2v) is 6.16. The molecule has 2 aromatic rings. The molecule has 2 fully saturated rings. The molecule has 0 N–H and O–H groups in total. The molecule has 0 bridgehead atoms. The molecule has 118 valence electrons. The summed E-state index contributed by atoms with van der Waals surface area (Å²) in [6.07, 6.45) is 6.85. The Balaban J connectivity index is 1.45. The topological polar surface area (TPSA) is 69.2 Å². The third-order valence-corrected chi connectivity index (χ3v) is 4.75. The summed E-state index contributed by atoms with van der Waals surface area (Å²) < 4.78 is 13.2. The van der Waals surface area contributed by atoms with Crippen molar-refractivity contribution >= 4 is 0 Å². The molecule has 2 aromatic heterocycles. The summed E-state index contributed by atoms with van der Waals surface area (Å²) in [6.45, 7) is 3.89. The van der Waals surface area contributed by atoms with Crippen molar-refractivity contribution in [3.05, 3.63) is 18.4 Å². The van der Waals surface area contributed by atoms with Gasteiger partial charge < -0.3 is 13.7 Å². The molecule has 0 aromatic carbocycles. The molecule has 7 nitrogen and oxygen atoms in total. The van der Waals surface area contributed by atoms with Gasteiger partial charge in [-0.2, -0.15) is 0 Å². The normalized spacial score (nSPS) is 24.1. The van der Waals surface area contributed by atoms with Crippen LogP contribution in [0.5, 0.6) is 0 Å². The van der Waals surface area contributed by atoms with Gasteiger partial charge in [-0.25, -0.2) is 4.98 Å². The molecule has 0 radical (unpaired) electrons. The van der Waals surface area contributed by atoms with Gasteiger partial charge in [0.05, 0.1) is 18.4 Å². The lowest BCUT2D eigenvalue weighted by Gasteiger charge is -2.30. The molecule has 4 rings (SSSR count). The van der Waals surface area contributed by atoms with E-state index in [-0.39, 0.29) is 0 Å². The smallest absolute Gasteiger partial charge is 0.265 e. The zero-order valence-corrected chi connectivity index (χ0v) is 12.8. The van der Waals surface area contributed by atoms with E-state index in [9.17, 15) is 0 Å². The monoisotopic (exact) mass is 303 g/mol. The van der Waals surface area contributed by atoms with E-state index in [1.165, 1.54) is 0 Å². The average Bonchev–Trinajstić information content (AvgIpc) is 3.27. The molecule has 4 heterocycles. The van der Waals surface area contributed by atoms with Crippen molar-refractivity contribution in [3.8, 4) is 11.6 Å². The lowest BCUT2D eigenvalue weighted by Crippen LogP contribution is -2.37. The minimum absolute atomic E-state index is 0.345. The first kappa shape index (κ1) is 13.9. The lowest BCUT2D eigenvalue weighted by molar-refractivity contribution is 0.0417. The molecule has 2 aliphatic heterocycles. The fourth-order valence-corrected chi connectivity index (χ4v) is 3.44. The lowest BCUT2D eigenvalue weighted by atomic mass is 10.1. The van der Waals surface area contributed by atoms with Crippen LogP contribution in [-0.2, 0) is 11.8 Å². The minimum atomic E-state index is 0.345. The zero-order valence-electron chi connectivity index (χ0n) is 12.8. The maximum absolute atomic E-state index is 5.89. The molecule has 0 amide bonds. The van der Waals surface area contributed by atoms with Crippen LogP contribution in [0.25, 0.3) is 11.6 Å². The Kier molecular flexibility index (Phi) is 3.67. The van der Waals surface area contributed by atoms with Gasteiger partial charge in [-0.1, -0.05) is 0 Å². The number of aromatic nitrogens is 4. The number of hydrogen-bond donors (Lipinski definition) is 0. The van der Waals surface area contributed by atoms with Crippen molar-refractivity contribution < 1.29 is 9.15 Å². The Hall–Kier alpha value is -1.73. The highest BCUT2D eigenvalue weighted by molar-refractivity contribution is 5.44. The van der Waals surface area contributed by atoms with Crippen molar-refractivity contribution in [2.75, 3.05) is 26.3 Å². The van der Waals surface area contributed by atoms with Crippen LogP contribution in [0.4, 0.5) is 0 Å². The third kappa shape index (κ3) is 2.55. The summed E-state index contributed by atoms with van der Waals surface area (Å²) >= 11 is 0. The fourth-order valence-electron chi connectivity index (χ4n) is 3.44. The first-order valence-corrected chi connectivity index (χ1v) is 7.93. The molecule has 0 aliphatic carbocycles. The standard InChI is InChI=1S/C15H21N5O2/c1-19-10-16-8-13(19)15-18-17-14(22-15)11-2-5-20(9-11)12-3-6-21-7-4-12/h8,10-12H,2-7,9H2,1H3/t11-/m0/s1. The molecule has 0 spiro atoms. The van der Waals surface area contributed by atoms with E-state index in [0.29, 0.717) is 17.9 Å². The Morgan fingerprint density at radius 2 is 2.05 bits per heavy atom. The molecule has 2 saturated heterocycles. The SMILES string of the molecule is Cn1cncc1-c1nnc([C@H]2CCN(C3CCOCC3)C2)o1. The first-order chi connectivity index (χ1) is 10.8. The summed E-state index contributed by atoms with van der Waals surface area (Å²) in [5.41, 5.74) is 0.859. The van der Waals surface area contributed by atoms with E-state index >= 15 is 0 Å². The van der Waals surface area contributed by atoms with Gasteiger partial charge in [0.15, 0.2) is 0 Å². The highest BCUT2D eigenvalue weighted by Gasteiger charge is 2.33. The number of ether oxygens (including phenoxy) is 1. The van der Waals surface area contributed by atoms with Gasteiger partial charge >= 0.3 is 0 Å². The Morgan fingerprint density at radius 1 is 1.18 bits per heavy atom. The van der Waals surface area contributed by atoms with Crippen LogP contribution >= 0.6 is 0 Å². The minimum Gasteiger partial charge on any atom is -0.419 e. The summed E-state index contributed by atoms with van der Waals surface area (Å²) in [5.74, 6) is 1.66.